The number of guanidine groups is 1. The molecule has 0 bridgehead atoms. The number of rotatable bonds is 7. The van der Waals surface area contributed by atoms with Crippen molar-refractivity contribution in [3.05, 3.63) is 65.7 Å². The number of aliphatic imine (C=N–C) groups is 1. The van der Waals surface area contributed by atoms with Crippen LogP contribution < -0.4 is 10.1 Å². The lowest BCUT2D eigenvalue weighted by Gasteiger charge is -2.31. The van der Waals surface area contributed by atoms with Crippen LogP contribution in [0, 0.1) is 0 Å². The maximum absolute atomic E-state index is 13.3. The predicted octanol–water partition coefficient (Wildman–Crippen LogP) is 2.96. The van der Waals surface area contributed by atoms with Gasteiger partial charge in [0.05, 0.1) is 26.2 Å². The van der Waals surface area contributed by atoms with E-state index in [1.807, 2.05) is 71.4 Å². The van der Waals surface area contributed by atoms with Gasteiger partial charge < -0.3 is 24.6 Å². The Kier molecular flexibility index (Phi) is 10.8. The van der Waals surface area contributed by atoms with Gasteiger partial charge in [-0.25, -0.2) is 0 Å². The lowest BCUT2D eigenvalue weighted by molar-refractivity contribution is -0.136. The zero-order valence-electron chi connectivity index (χ0n) is 19.0. The fourth-order valence-corrected chi connectivity index (χ4v) is 3.69. The zero-order chi connectivity index (χ0) is 22.1. The largest absolute Gasteiger partial charge is 0.497 e. The molecule has 1 atom stereocenters. The SMILES string of the molecule is CN=C(NCC(C(=O)N1CCOCC1)c1ccccc1)N(C)Cc1ccc(OC)cc1.I. The highest BCUT2D eigenvalue weighted by molar-refractivity contribution is 14.0. The first kappa shape index (κ1) is 25.9. The third kappa shape index (κ3) is 7.09. The average molecular weight is 552 g/mol. The van der Waals surface area contributed by atoms with Gasteiger partial charge >= 0.3 is 0 Å². The Hall–Kier alpha value is -2.33. The van der Waals surface area contributed by atoms with Crippen molar-refractivity contribution in [3.63, 3.8) is 0 Å². The summed E-state index contributed by atoms with van der Waals surface area (Å²) in [5.74, 6) is 1.41. The Balaban J connectivity index is 0.00000363. The molecule has 3 rings (SSSR count). The van der Waals surface area contributed by atoms with Gasteiger partial charge in [-0.3, -0.25) is 9.79 Å². The third-order valence-electron chi connectivity index (χ3n) is 5.44. The van der Waals surface area contributed by atoms with Gasteiger partial charge in [0.15, 0.2) is 5.96 Å². The number of hydrogen-bond donors (Lipinski definition) is 1. The molecule has 1 aliphatic heterocycles. The Morgan fingerprint density at radius 3 is 2.41 bits per heavy atom. The van der Waals surface area contributed by atoms with Gasteiger partial charge in [-0.05, 0) is 23.3 Å². The van der Waals surface area contributed by atoms with Gasteiger partial charge in [-0.2, -0.15) is 0 Å². The van der Waals surface area contributed by atoms with Crippen LogP contribution in [0.25, 0.3) is 0 Å². The molecular formula is C24H33IN4O3. The maximum Gasteiger partial charge on any atom is 0.232 e. The lowest BCUT2D eigenvalue weighted by atomic mass is 9.97. The summed E-state index contributed by atoms with van der Waals surface area (Å²) < 4.78 is 10.6. The first-order valence-electron chi connectivity index (χ1n) is 10.6. The fraction of sp³-hybridized carbons (Fsp3) is 0.417. The van der Waals surface area contributed by atoms with E-state index in [1.54, 1.807) is 14.2 Å². The van der Waals surface area contributed by atoms with E-state index >= 15 is 0 Å². The van der Waals surface area contributed by atoms with Gasteiger partial charge in [0.25, 0.3) is 0 Å². The number of carbonyl (C=O) groups is 1. The van der Waals surface area contributed by atoms with Crippen LogP contribution in [0.5, 0.6) is 5.75 Å². The van der Waals surface area contributed by atoms with Crippen molar-refractivity contribution in [3.8, 4) is 5.75 Å². The number of benzene rings is 2. The molecule has 0 aliphatic carbocycles. The smallest absolute Gasteiger partial charge is 0.232 e. The van der Waals surface area contributed by atoms with Crippen LogP contribution in [-0.2, 0) is 16.1 Å². The van der Waals surface area contributed by atoms with Crippen molar-refractivity contribution in [1.29, 1.82) is 0 Å². The van der Waals surface area contributed by atoms with Crippen molar-refractivity contribution in [2.75, 3.05) is 54.1 Å². The lowest BCUT2D eigenvalue weighted by Crippen LogP contribution is -2.47. The molecule has 0 saturated carbocycles. The molecule has 0 aromatic heterocycles. The van der Waals surface area contributed by atoms with Crippen LogP contribution >= 0.6 is 24.0 Å². The molecule has 1 amide bonds. The molecule has 0 spiro atoms. The molecule has 1 aliphatic rings. The highest BCUT2D eigenvalue weighted by Gasteiger charge is 2.27. The number of amides is 1. The summed E-state index contributed by atoms with van der Waals surface area (Å²) in [4.78, 5) is 21.6. The monoisotopic (exact) mass is 552 g/mol. The summed E-state index contributed by atoms with van der Waals surface area (Å²) in [5.41, 5.74) is 2.15. The van der Waals surface area contributed by atoms with Crippen LogP contribution in [0.1, 0.15) is 17.0 Å². The average Bonchev–Trinajstić information content (AvgIpc) is 2.83. The second kappa shape index (κ2) is 13.3. The summed E-state index contributed by atoms with van der Waals surface area (Å²) in [7, 11) is 5.41. The van der Waals surface area contributed by atoms with Crippen LogP contribution in [-0.4, -0.2) is 75.7 Å². The number of halogens is 1. The zero-order valence-corrected chi connectivity index (χ0v) is 21.3. The van der Waals surface area contributed by atoms with Gasteiger partial charge in [0, 0.05) is 40.3 Å². The summed E-state index contributed by atoms with van der Waals surface area (Å²) in [6.45, 7) is 3.61. The van der Waals surface area contributed by atoms with Gasteiger partial charge in [-0.1, -0.05) is 42.5 Å². The van der Waals surface area contributed by atoms with Gasteiger partial charge in [0.2, 0.25) is 5.91 Å². The summed E-state index contributed by atoms with van der Waals surface area (Å²) in [5, 5.41) is 3.40. The molecule has 0 radical (unpaired) electrons. The van der Waals surface area contributed by atoms with Crippen molar-refractivity contribution >= 4 is 35.8 Å². The molecule has 7 nitrogen and oxygen atoms in total. The second-order valence-electron chi connectivity index (χ2n) is 7.53. The number of hydrogen-bond acceptors (Lipinski definition) is 4. The van der Waals surface area contributed by atoms with Crippen LogP contribution in [0.2, 0.25) is 0 Å². The van der Waals surface area contributed by atoms with Crippen LogP contribution in [0.4, 0.5) is 0 Å². The van der Waals surface area contributed by atoms with E-state index in [1.165, 1.54) is 0 Å². The standard InChI is InChI=1S/C24H32N4O3.HI/c1-25-24(27(2)18-19-9-11-21(30-3)12-10-19)26-17-22(20-7-5-4-6-8-20)23(29)28-13-15-31-16-14-28;/h4-12,22H,13-18H2,1-3H3,(H,25,26);1H. The van der Waals surface area contributed by atoms with Gasteiger partial charge in [-0.15, -0.1) is 24.0 Å². The van der Waals surface area contributed by atoms with Crippen LogP contribution in [0.15, 0.2) is 59.6 Å². The van der Waals surface area contributed by atoms with Crippen molar-refractivity contribution < 1.29 is 14.3 Å². The van der Waals surface area contributed by atoms with E-state index in [0.717, 1.165) is 22.8 Å². The number of nitrogens with zero attached hydrogens (tertiary/aromatic N) is 3. The first-order chi connectivity index (χ1) is 15.1. The summed E-state index contributed by atoms with van der Waals surface area (Å²) >= 11 is 0. The Labute approximate surface area is 207 Å². The molecule has 1 fully saturated rings. The van der Waals surface area contributed by atoms with Crippen molar-refractivity contribution in [2.45, 2.75) is 12.5 Å². The number of ether oxygens (including phenoxy) is 2. The minimum absolute atomic E-state index is 0. The third-order valence-corrected chi connectivity index (χ3v) is 5.44. The van der Waals surface area contributed by atoms with E-state index < -0.39 is 0 Å². The van der Waals surface area contributed by atoms with E-state index in [2.05, 4.69) is 10.3 Å². The molecule has 8 heteroatoms. The molecule has 1 saturated heterocycles. The molecule has 174 valence electrons. The number of carbonyl (C=O) groups excluding carboxylic acids is 1. The van der Waals surface area contributed by atoms with E-state index in [-0.39, 0.29) is 35.8 Å². The highest BCUT2D eigenvalue weighted by atomic mass is 127. The Bertz CT molecular complexity index is 855. The van der Waals surface area contributed by atoms with E-state index in [9.17, 15) is 4.79 Å². The second-order valence-corrected chi connectivity index (χ2v) is 7.53. The molecule has 32 heavy (non-hydrogen) atoms. The predicted molar refractivity (Wildman–Crippen MR) is 138 cm³/mol. The van der Waals surface area contributed by atoms with Crippen LogP contribution in [0.3, 0.4) is 0 Å². The molecule has 2 aromatic carbocycles. The molecular weight excluding hydrogens is 519 g/mol. The minimum Gasteiger partial charge on any atom is -0.497 e. The highest BCUT2D eigenvalue weighted by Crippen LogP contribution is 2.19. The molecule has 1 heterocycles. The Morgan fingerprint density at radius 2 is 1.81 bits per heavy atom. The number of morpholine rings is 1. The van der Waals surface area contributed by atoms with Crippen molar-refractivity contribution in [1.82, 2.24) is 15.1 Å². The van der Waals surface area contributed by atoms with Crippen molar-refractivity contribution in [2.24, 2.45) is 4.99 Å². The summed E-state index contributed by atoms with van der Waals surface area (Å²) in [6, 6.07) is 17.9. The molecule has 1 N–H and O–H groups in total. The molecule has 1 unspecified atom stereocenters. The van der Waals surface area contributed by atoms with Gasteiger partial charge in [0.1, 0.15) is 5.75 Å². The number of methoxy groups -OCH3 is 1. The first-order valence-corrected chi connectivity index (χ1v) is 10.6. The van der Waals surface area contributed by atoms with E-state index in [4.69, 9.17) is 9.47 Å². The summed E-state index contributed by atoms with van der Waals surface area (Å²) in [6.07, 6.45) is 0. The minimum atomic E-state index is -0.287. The van der Waals surface area contributed by atoms with E-state index in [0.29, 0.717) is 39.4 Å². The number of nitrogens with one attached hydrogen (secondary N) is 1. The topological polar surface area (TPSA) is 66.4 Å². The maximum atomic E-state index is 13.3. The molecule has 2 aromatic rings. The normalized spacial score (nSPS) is 14.8. The quantitative estimate of drug-likeness (QED) is 0.325. The Morgan fingerprint density at radius 1 is 1.16 bits per heavy atom. The fourth-order valence-electron chi connectivity index (χ4n) is 3.69.